The zero-order valence-corrected chi connectivity index (χ0v) is 16.2. The Bertz CT molecular complexity index is 960. The molecule has 2 heterocycles. The molecular formula is C21H19BrN2O3. The van der Waals surface area contributed by atoms with Crippen LogP contribution >= 0.6 is 15.9 Å². The first kappa shape index (κ1) is 16.8. The number of aryl methyl sites for hydroxylation is 1. The zero-order valence-electron chi connectivity index (χ0n) is 14.6. The van der Waals surface area contributed by atoms with Crippen LogP contribution in [0.1, 0.15) is 41.9 Å². The Morgan fingerprint density at radius 3 is 2.81 bits per heavy atom. The number of carbonyl (C=O) groups excluding carboxylic acids is 2. The largest absolute Gasteiger partial charge is 0.489 e. The number of carbonyl (C=O) groups is 2. The third-order valence-electron chi connectivity index (χ3n) is 5.99. The van der Waals surface area contributed by atoms with E-state index in [1.54, 1.807) is 0 Å². The minimum atomic E-state index is -1.08. The fraction of sp³-hybridized carbons (Fsp3) is 0.333. The molecule has 1 spiro atoms. The lowest BCUT2D eigenvalue weighted by Crippen LogP contribution is -2.51. The van der Waals surface area contributed by atoms with E-state index in [1.165, 1.54) is 11.1 Å². The van der Waals surface area contributed by atoms with Crippen LogP contribution < -0.4 is 15.4 Å². The van der Waals surface area contributed by atoms with E-state index in [4.69, 9.17) is 4.74 Å². The summed E-state index contributed by atoms with van der Waals surface area (Å²) >= 11 is 3.47. The Labute approximate surface area is 165 Å². The summed E-state index contributed by atoms with van der Waals surface area (Å²) in [6.07, 6.45) is 3.43. The number of amides is 3. The van der Waals surface area contributed by atoms with Crippen molar-refractivity contribution in [1.29, 1.82) is 0 Å². The Hall–Kier alpha value is -2.34. The van der Waals surface area contributed by atoms with Crippen molar-refractivity contribution in [3.63, 3.8) is 0 Å². The van der Waals surface area contributed by atoms with Crippen LogP contribution in [0.25, 0.3) is 0 Å². The summed E-state index contributed by atoms with van der Waals surface area (Å²) in [6.45, 7) is 0. The summed E-state index contributed by atoms with van der Waals surface area (Å²) in [5, 5.41) is 5.32. The van der Waals surface area contributed by atoms with Crippen LogP contribution in [0, 0.1) is 0 Å². The number of imide groups is 1. The van der Waals surface area contributed by atoms with Gasteiger partial charge in [0.2, 0.25) is 0 Å². The van der Waals surface area contributed by atoms with Crippen LogP contribution in [0.5, 0.6) is 5.75 Å². The van der Waals surface area contributed by atoms with Crippen molar-refractivity contribution < 1.29 is 14.3 Å². The van der Waals surface area contributed by atoms with Crippen LogP contribution in [-0.2, 0) is 16.8 Å². The summed E-state index contributed by atoms with van der Waals surface area (Å²) in [6, 6.07) is 13.7. The van der Waals surface area contributed by atoms with E-state index in [1.807, 2.05) is 18.2 Å². The third-order valence-corrected chi connectivity index (χ3v) is 6.49. The maximum absolute atomic E-state index is 12.8. The maximum atomic E-state index is 12.8. The fourth-order valence-electron chi connectivity index (χ4n) is 4.78. The Morgan fingerprint density at radius 1 is 1.15 bits per heavy atom. The molecule has 2 aromatic rings. The van der Waals surface area contributed by atoms with Gasteiger partial charge in [0.05, 0.1) is 0 Å². The van der Waals surface area contributed by atoms with Gasteiger partial charge in [0, 0.05) is 22.4 Å². The molecule has 2 aromatic carbocycles. The highest BCUT2D eigenvalue weighted by Gasteiger charge is 2.54. The molecule has 0 bridgehead atoms. The number of halogens is 1. The van der Waals surface area contributed by atoms with Crippen molar-refractivity contribution in [2.45, 2.75) is 43.2 Å². The predicted octanol–water partition coefficient (Wildman–Crippen LogP) is 3.76. The Morgan fingerprint density at radius 2 is 2.00 bits per heavy atom. The average molecular weight is 427 g/mol. The van der Waals surface area contributed by atoms with Gasteiger partial charge >= 0.3 is 6.03 Å². The topological polar surface area (TPSA) is 67.4 Å². The van der Waals surface area contributed by atoms with Gasteiger partial charge < -0.3 is 10.1 Å². The molecule has 6 heteroatoms. The van der Waals surface area contributed by atoms with Gasteiger partial charge in [-0.1, -0.05) is 40.2 Å². The highest BCUT2D eigenvalue weighted by Crippen LogP contribution is 2.47. The molecule has 1 saturated heterocycles. The molecule has 1 fully saturated rings. The predicted molar refractivity (Wildman–Crippen MR) is 104 cm³/mol. The normalized spacial score (nSPS) is 28.8. The monoisotopic (exact) mass is 426 g/mol. The lowest BCUT2D eigenvalue weighted by molar-refractivity contribution is -0.126. The summed E-state index contributed by atoms with van der Waals surface area (Å²) in [7, 11) is 0. The summed E-state index contributed by atoms with van der Waals surface area (Å²) in [5.74, 6) is 0.563. The third kappa shape index (κ3) is 2.57. The van der Waals surface area contributed by atoms with Crippen molar-refractivity contribution >= 4 is 27.9 Å². The number of fused-ring (bicyclic) bond motifs is 3. The second-order valence-corrected chi connectivity index (χ2v) is 8.43. The standard InChI is InChI=1S/C21H19BrN2O3/c22-13-8-9-17-16(10-13)21(19(25)23-20(26)24-21)11-18(27-17)15-7-3-5-12-4-1-2-6-14(12)15/h1-2,4,6,8-10,15,18H,3,5,7,11H2,(H2,23,24,25,26). The number of hydrogen-bond acceptors (Lipinski definition) is 3. The molecule has 0 saturated carbocycles. The maximum Gasteiger partial charge on any atom is 0.322 e. The quantitative estimate of drug-likeness (QED) is 0.682. The van der Waals surface area contributed by atoms with Crippen LogP contribution in [0.4, 0.5) is 4.79 Å². The molecule has 1 aliphatic carbocycles. The van der Waals surface area contributed by atoms with Gasteiger partial charge in [-0.25, -0.2) is 4.79 Å². The molecule has 3 amide bonds. The number of hydrogen-bond donors (Lipinski definition) is 2. The first-order valence-corrected chi connectivity index (χ1v) is 10.0. The molecule has 2 aliphatic heterocycles. The van der Waals surface area contributed by atoms with Gasteiger partial charge in [-0.05, 0) is 48.6 Å². The molecule has 2 N–H and O–H groups in total. The number of ether oxygens (including phenoxy) is 1. The van der Waals surface area contributed by atoms with E-state index in [2.05, 4.69) is 50.8 Å². The molecule has 3 aliphatic rings. The Balaban J connectivity index is 1.61. The minimum Gasteiger partial charge on any atom is -0.489 e. The zero-order chi connectivity index (χ0) is 18.6. The number of rotatable bonds is 1. The van der Waals surface area contributed by atoms with Gasteiger partial charge in [-0.3, -0.25) is 10.1 Å². The molecule has 3 atom stereocenters. The molecule has 27 heavy (non-hydrogen) atoms. The van der Waals surface area contributed by atoms with E-state index in [0.29, 0.717) is 17.7 Å². The molecule has 5 rings (SSSR count). The Kier molecular flexibility index (Phi) is 3.79. The summed E-state index contributed by atoms with van der Waals surface area (Å²) in [5.41, 5.74) is 2.29. The molecule has 3 unspecified atom stereocenters. The molecular weight excluding hydrogens is 408 g/mol. The van der Waals surface area contributed by atoms with E-state index >= 15 is 0 Å². The van der Waals surface area contributed by atoms with Crippen LogP contribution in [-0.4, -0.2) is 18.0 Å². The first-order chi connectivity index (χ1) is 13.1. The van der Waals surface area contributed by atoms with Crippen molar-refractivity contribution in [2.24, 2.45) is 0 Å². The van der Waals surface area contributed by atoms with Crippen molar-refractivity contribution in [2.75, 3.05) is 0 Å². The first-order valence-electron chi connectivity index (χ1n) is 9.25. The minimum absolute atomic E-state index is 0.177. The molecule has 5 nitrogen and oxygen atoms in total. The van der Waals surface area contributed by atoms with E-state index in [9.17, 15) is 9.59 Å². The smallest absolute Gasteiger partial charge is 0.322 e. The summed E-state index contributed by atoms with van der Waals surface area (Å²) < 4.78 is 7.25. The van der Waals surface area contributed by atoms with Crippen molar-refractivity contribution in [3.8, 4) is 5.75 Å². The SMILES string of the molecule is O=C1NC(=O)C2(CC(C3CCCc4ccccc43)Oc3ccc(Br)cc32)N1. The highest BCUT2D eigenvalue weighted by molar-refractivity contribution is 9.10. The highest BCUT2D eigenvalue weighted by atomic mass is 79.9. The van der Waals surface area contributed by atoms with Gasteiger partial charge in [0.15, 0.2) is 5.54 Å². The van der Waals surface area contributed by atoms with Gasteiger partial charge in [-0.2, -0.15) is 0 Å². The summed E-state index contributed by atoms with van der Waals surface area (Å²) in [4.78, 5) is 24.9. The second-order valence-electron chi connectivity index (χ2n) is 7.51. The van der Waals surface area contributed by atoms with Crippen LogP contribution in [0.2, 0.25) is 0 Å². The van der Waals surface area contributed by atoms with Gasteiger partial charge in [0.1, 0.15) is 11.9 Å². The van der Waals surface area contributed by atoms with Crippen molar-refractivity contribution in [3.05, 3.63) is 63.6 Å². The van der Waals surface area contributed by atoms with Crippen LogP contribution in [0.15, 0.2) is 46.9 Å². The van der Waals surface area contributed by atoms with E-state index in [0.717, 1.165) is 23.7 Å². The fourth-order valence-corrected chi connectivity index (χ4v) is 5.14. The molecule has 138 valence electrons. The molecule has 0 aromatic heterocycles. The van der Waals surface area contributed by atoms with Gasteiger partial charge in [0.25, 0.3) is 5.91 Å². The van der Waals surface area contributed by atoms with Crippen LogP contribution in [0.3, 0.4) is 0 Å². The van der Waals surface area contributed by atoms with E-state index < -0.39 is 11.6 Å². The average Bonchev–Trinajstić information content (AvgIpc) is 2.95. The number of benzene rings is 2. The lowest BCUT2D eigenvalue weighted by atomic mass is 9.73. The second kappa shape index (κ2) is 6.09. The number of nitrogens with one attached hydrogen (secondary N) is 2. The van der Waals surface area contributed by atoms with Crippen molar-refractivity contribution in [1.82, 2.24) is 10.6 Å². The van der Waals surface area contributed by atoms with E-state index in [-0.39, 0.29) is 17.9 Å². The lowest BCUT2D eigenvalue weighted by Gasteiger charge is -2.42. The molecule has 0 radical (unpaired) electrons. The van der Waals surface area contributed by atoms with Gasteiger partial charge in [-0.15, -0.1) is 0 Å². The number of urea groups is 1.